The molecule has 1 aromatic carbocycles. The van der Waals surface area contributed by atoms with Gasteiger partial charge in [0.2, 0.25) is 0 Å². The monoisotopic (exact) mass is 553 g/mol. The van der Waals surface area contributed by atoms with Crippen LogP contribution in [0.5, 0.6) is 11.5 Å². The molecule has 0 bridgehead atoms. The molecule has 9 nitrogen and oxygen atoms in total. The van der Waals surface area contributed by atoms with Crippen molar-refractivity contribution in [2.45, 2.75) is 83.7 Å². The quantitative estimate of drug-likeness (QED) is 0.0770. The van der Waals surface area contributed by atoms with Crippen molar-refractivity contribution in [2.24, 2.45) is 5.92 Å². The number of esters is 1. The van der Waals surface area contributed by atoms with Crippen LogP contribution in [0.2, 0.25) is 0 Å². The lowest BCUT2D eigenvalue weighted by Crippen LogP contribution is -2.31. The first kappa shape index (κ1) is 32.2. The summed E-state index contributed by atoms with van der Waals surface area (Å²) in [5.41, 5.74) is 2.02. The van der Waals surface area contributed by atoms with E-state index in [1.165, 1.54) is 12.7 Å². The van der Waals surface area contributed by atoms with Crippen LogP contribution in [0.15, 0.2) is 35.9 Å². The molecule has 0 heterocycles. The number of aryl methyl sites for hydroxylation is 1. The second-order valence-corrected chi connectivity index (χ2v) is 11.7. The van der Waals surface area contributed by atoms with Crippen molar-refractivity contribution >= 4 is 13.8 Å². The molecule has 2 aliphatic rings. The van der Waals surface area contributed by atoms with Gasteiger partial charge in [-0.15, -0.1) is 0 Å². The molecule has 0 aromatic heterocycles. The van der Waals surface area contributed by atoms with Crippen molar-refractivity contribution in [2.75, 3.05) is 20.3 Å². The number of carbonyl (C=O) groups is 1. The smallest absolute Gasteiger partial charge is 0.473 e. The highest BCUT2D eigenvalue weighted by atomic mass is 31.2. The zero-order valence-electron chi connectivity index (χ0n) is 23.2. The molecule has 214 valence electrons. The Morgan fingerprint density at radius 1 is 1.24 bits per heavy atom. The van der Waals surface area contributed by atoms with Crippen LogP contribution >= 0.6 is 7.82 Å². The largest absolute Gasteiger partial charge is 0.507 e. The maximum Gasteiger partial charge on any atom is 0.473 e. The maximum absolute atomic E-state index is 13.3. The number of phenolic OH excluding ortho intramolecular Hbond substituents is 1. The molecule has 3 rings (SSSR count). The third kappa shape index (κ3) is 8.25. The van der Waals surface area contributed by atoms with Crippen molar-refractivity contribution in [1.82, 2.24) is 6.15 Å². The van der Waals surface area contributed by atoms with E-state index in [0.29, 0.717) is 5.56 Å². The van der Waals surface area contributed by atoms with E-state index in [-0.39, 0.29) is 55.5 Å². The summed E-state index contributed by atoms with van der Waals surface area (Å²) in [6.45, 7) is 10.3. The highest BCUT2D eigenvalue weighted by Crippen LogP contribution is 2.56. The number of carbonyl (C=O) groups excluding carboxylic acids is 1. The number of phosphoric ester groups is 1. The topological polar surface area (TPSA) is 147 Å². The van der Waals surface area contributed by atoms with Gasteiger partial charge in [0.1, 0.15) is 11.5 Å². The summed E-state index contributed by atoms with van der Waals surface area (Å²) in [7, 11) is -3.06. The fourth-order valence-corrected chi connectivity index (χ4v) is 5.90. The van der Waals surface area contributed by atoms with Crippen LogP contribution in [0, 0.1) is 5.92 Å². The first-order chi connectivity index (χ1) is 17.5. The third-order valence-corrected chi connectivity index (χ3v) is 8.16. The number of benzene rings is 1. The molecular formula is C28H44NO8P. The second-order valence-electron chi connectivity index (χ2n) is 10.3. The number of hydrogen-bond acceptors (Lipinski definition) is 8. The summed E-state index contributed by atoms with van der Waals surface area (Å²) in [5.74, 6) is -0.582. The minimum atomic E-state index is -4.50. The predicted octanol–water partition coefficient (Wildman–Crippen LogP) is 6.52. The summed E-state index contributed by atoms with van der Waals surface area (Å²) >= 11 is 0. The Balaban J connectivity index is 0.00000507. The molecule has 1 saturated carbocycles. The summed E-state index contributed by atoms with van der Waals surface area (Å²) in [4.78, 5) is 23.4. The summed E-state index contributed by atoms with van der Waals surface area (Å²) in [5, 5.41) is 11.2. The van der Waals surface area contributed by atoms with Crippen molar-refractivity contribution < 1.29 is 37.9 Å². The van der Waals surface area contributed by atoms with Gasteiger partial charge in [0, 0.05) is 18.6 Å². The Kier molecular flexibility index (Phi) is 11.8. The SMILES string of the molecule is C=C(C)[C@@H]1CCC(C)=C[C@H]1c1c(O)cc(CCCCC)cc1OC(=O)C1(OP(=O)(O)OCCOC)CC1.N. The van der Waals surface area contributed by atoms with E-state index in [1.54, 1.807) is 12.1 Å². The molecule has 0 amide bonds. The van der Waals surface area contributed by atoms with Crippen LogP contribution in [-0.4, -0.2) is 41.9 Å². The van der Waals surface area contributed by atoms with Gasteiger partial charge < -0.3 is 25.6 Å². The Labute approximate surface area is 226 Å². The predicted molar refractivity (Wildman–Crippen MR) is 147 cm³/mol. The molecule has 0 radical (unpaired) electrons. The standard InChI is InChI=1S/C28H41O8P.H3N/c1-6-7-8-9-21-17-24(29)26(23-16-20(4)10-11-22(23)19(2)3)25(18-21)35-27(30)28(12-13-28)36-37(31,32)34-15-14-33-5;/h16-18,22-23,29H,2,6-15H2,1,3-5H3,(H,31,32);1H3/t22-,23+;/m0./s1. The number of rotatable bonds is 14. The van der Waals surface area contributed by atoms with Crippen LogP contribution in [0.25, 0.3) is 0 Å². The van der Waals surface area contributed by atoms with Crippen molar-refractivity contribution in [3.8, 4) is 11.5 Å². The van der Waals surface area contributed by atoms with Crippen molar-refractivity contribution in [1.29, 1.82) is 0 Å². The van der Waals surface area contributed by atoms with Gasteiger partial charge >= 0.3 is 13.8 Å². The third-order valence-electron chi connectivity index (χ3n) is 7.07. The lowest BCUT2D eigenvalue weighted by Gasteiger charge is -2.32. The Morgan fingerprint density at radius 2 is 1.95 bits per heavy atom. The molecule has 5 N–H and O–H groups in total. The molecule has 1 unspecified atom stereocenters. The Hall–Kier alpha value is -2.00. The van der Waals surface area contributed by atoms with Gasteiger partial charge in [0.25, 0.3) is 0 Å². The fraction of sp³-hybridized carbons (Fsp3) is 0.607. The highest BCUT2D eigenvalue weighted by molar-refractivity contribution is 7.47. The van der Waals surface area contributed by atoms with Gasteiger partial charge in [-0.3, -0.25) is 9.05 Å². The van der Waals surface area contributed by atoms with E-state index in [9.17, 15) is 19.4 Å². The van der Waals surface area contributed by atoms with E-state index in [1.807, 2.05) is 6.92 Å². The molecule has 1 fully saturated rings. The van der Waals surface area contributed by atoms with Gasteiger partial charge in [0.05, 0.1) is 13.2 Å². The van der Waals surface area contributed by atoms with Crippen LogP contribution in [0.4, 0.5) is 0 Å². The van der Waals surface area contributed by atoms with Crippen molar-refractivity contribution in [3.05, 3.63) is 47.1 Å². The van der Waals surface area contributed by atoms with E-state index < -0.39 is 19.4 Å². The fourth-order valence-electron chi connectivity index (χ4n) is 4.84. The van der Waals surface area contributed by atoms with Gasteiger partial charge in [-0.2, -0.15) is 0 Å². The van der Waals surface area contributed by atoms with Crippen LogP contribution < -0.4 is 10.9 Å². The number of hydrogen-bond donors (Lipinski definition) is 3. The molecule has 0 saturated heterocycles. The second kappa shape index (κ2) is 13.9. The molecule has 38 heavy (non-hydrogen) atoms. The summed E-state index contributed by atoms with van der Waals surface area (Å²) < 4.78 is 33.3. The number of methoxy groups -OCH3 is 1. The maximum atomic E-state index is 13.3. The zero-order valence-corrected chi connectivity index (χ0v) is 24.1. The molecule has 10 heteroatoms. The van der Waals surface area contributed by atoms with E-state index in [4.69, 9.17) is 18.5 Å². The molecule has 2 aliphatic carbocycles. The molecular weight excluding hydrogens is 509 g/mol. The van der Waals surface area contributed by atoms with Gasteiger partial charge in [-0.05, 0) is 76.0 Å². The number of allylic oxidation sites excluding steroid dienone is 3. The number of ether oxygens (including phenoxy) is 2. The molecule has 0 spiro atoms. The summed E-state index contributed by atoms with van der Waals surface area (Å²) in [6, 6.07) is 3.56. The van der Waals surface area contributed by atoms with E-state index in [0.717, 1.165) is 49.7 Å². The Bertz CT molecular complexity index is 1070. The van der Waals surface area contributed by atoms with Crippen LogP contribution in [0.3, 0.4) is 0 Å². The lowest BCUT2D eigenvalue weighted by atomic mass is 9.73. The zero-order chi connectivity index (χ0) is 27.2. The minimum Gasteiger partial charge on any atom is -0.507 e. The van der Waals surface area contributed by atoms with Gasteiger partial charge in [-0.1, -0.05) is 43.6 Å². The van der Waals surface area contributed by atoms with Crippen LogP contribution in [0.1, 0.15) is 82.8 Å². The van der Waals surface area contributed by atoms with Gasteiger partial charge in [-0.25, -0.2) is 9.36 Å². The number of aromatic hydroxyl groups is 1. The highest BCUT2D eigenvalue weighted by Gasteiger charge is 2.58. The van der Waals surface area contributed by atoms with E-state index >= 15 is 0 Å². The van der Waals surface area contributed by atoms with Gasteiger partial charge in [0.15, 0.2) is 5.60 Å². The Morgan fingerprint density at radius 3 is 2.55 bits per heavy atom. The number of unbranched alkanes of at least 4 members (excludes halogenated alkanes) is 2. The molecule has 1 aromatic rings. The number of phosphoric acid groups is 1. The average molecular weight is 554 g/mol. The lowest BCUT2D eigenvalue weighted by molar-refractivity contribution is -0.145. The van der Waals surface area contributed by atoms with E-state index in [2.05, 4.69) is 26.5 Å². The van der Waals surface area contributed by atoms with Crippen molar-refractivity contribution in [3.63, 3.8) is 0 Å². The number of phenols is 1. The normalized spacial score (nSPS) is 21.6. The average Bonchev–Trinajstić information content (AvgIpc) is 3.59. The molecule has 0 aliphatic heterocycles. The summed E-state index contributed by atoms with van der Waals surface area (Å²) in [6.07, 6.45) is 8.18. The van der Waals surface area contributed by atoms with Crippen LogP contribution in [-0.2, 0) is 29.6 Å². The first-order valence-corrected chi connectivity index (χ1v) is 14.6. The molecule has 3 atom stereocenters. The minimum absolute atomic E-state index is 0. The first-order valence-electron chi connectivity index (χ1n) is 13.1.